The summed E-state index contributed by atoms with van der Waals surface area (Å²) in [5, 5.41) is 5.25. The average molecular weight is 584 g/mol. The Morgan fingerprint density at radius 1 is 0.789 bits per heavy atom. The number of aldehydes is 2. The van der Waals surface area contributed by atoms with Crippen LogP contribution in [-0.4, -0.2) is 52.1 Å². The molecule has 3 rings (SSSR count). The third-order valence-corrected chi connectivity index (χ3v) is 5.68. The molecular weight excluding hydrogens is 554 g/mol. The van der Waals surface area contributed by atoms with Crippen LogP contribution in [0.3, 0.4) is 0 Å². The fourth-order valence-corrected chi connectivity index (χ4v) is 3.68. The Labute approximate surface area is 230 Å². The summed E-state index contributed by atoms with van der Waals surface area (Å²) in [5.74, 6) is 0. The molecule has 3 aromatic carbocycles. The third-order valence-electron chi connectivity index (χ3n) is 5.03. The molecule has 0 atom stereocenters. The first-order chi connectivity index (χ1) is 18.2. The van der Waals surface area contributed by atoms with Gasteiger partial charge in [-0.15, -0.1) is 0 Å². The summed E-state index contributed by atoms with van der Waals surface area (Å²) in [4.78, 5) is 46.3. The Morgan fingerprint density at radius 2 is 1.29 bits per heavy atom. The third kappa shape index (κ3) is 9.04. The fraction of sp³-hybridized carbons (Fsp3) is 0.214. The van der Waals surface area contributed by atoms with Gasteiger partial charge in [-0.05, 0) is 83.9 Å². The molecule has 0 aliphatic rings. The molecule has 0 heterocycles. The predicted octanol–water partition coefficient (Wildman–Crippen LogP) is 6.63. The molecule has 0 saturated heterocycles. The highest BCUT2D eigenvalue weighted by Crippen LogP contribution is 2.30. The van der Waals surface area contributed by atoms with Gasteiger partial charge in [-0.25, -0.2) is 9.59 Å². The van der Waals surface area contributed by atoms with Crippen molar-refractivity contribution < 1.29 is 28.7 Å². The van der Waals surface area contributed by atoms with Gasteiger partial charge in [0.05, 0.1) is 24.6 Å². The standard InChI is InChI=1S/C18H20N2O3.C10H10BrNO3/c1-4-23-18(22)19-17-10-5-13(12-21)11-16(17)14-6-8-15(9-7-14)20(2)3;1-2-15-10(14)12-9-4-3-7(6-13)5-8(9)11/h5-12H,4H2,1-3H3,(H,19,22);3-6H,2H2,1H3,(H,12,14). The van der Waals surface area contributed by atoms with Gasteiger partial charge in [-0.1, -0.05) is 12.1 Å². The molecule has 0 spiro atoms. The zero-order chi connectivity index (χ0) is 28.1. The van der Waals surface area contributed by atoms with E-state index >= 15 is 0 Å². The van der Waals surface area contributed by atoms with Crippen LogP contribution in [0.1, 0.15) is 34.6 Å². The molecule has 0 aromatic heterocycles. The number of anilines is 3. The van der Waals surface area contributed by atoms with E-state index in [0.29, 0.717) is 40.2 Å². The number of rotatable bonds is 8. The molecule has 38 heavy (non-hydrogen) atoms. The Balaban J connectivity index is 0.000000293. The van der Waals surface area contributed by atoms with Crippen molar-refractivity contribution in [1.29, 1.82) is 0 Å². The van der Waals surface area contributed by atoms with Crippen LogP contribution in [0, 0.1) is 0 Å². The molecule has 2 amide bonds. The first-order valence-electron chi connectivity index (χ1n) is 11.7. The van der Waals surface area contributed by atoms with E-state index in [1.807, 2.05) is 43.3 Å². The monoisotopic (exact) mass is 583 g/mol. The largest absolute Gasteiger partial charge is 0.450 e. The van der Waals surface area contributed by atoms with Gasteiger partial charge in [0.1, 0.15) is 12.6 Å². The van der Waals surface area contributed by atoms with Gasteiger partial charge in [0.2, 0.25) is 0 Å². The molecule has 0 aliphatic carbocycles. The van der Waals surface area contributed by atoms with Gasteiger partial charge in [0.25, 0.3) is 0 Å². The van der Waals surface area contributed by atoms with E-state index in [1.165, 1.54) is 0 Å². The Hall–Kier alpha value is -4.18. The highest BCUT2D eigenvalue weighted by Gasteiger charge is 2.11. The van der Waals surface area contributed by atoms with Crippen LogP contribution in [0.15, 0.2) is 65.1 Å². The van der Waals surface area contributed by atoms with Gasteiger partial charge in [0, 0.05) is 40.9 Å². The summed E-state index contributed by atoms with van der Waals surface area (Å²) in [6.45, 7) is 4.08. The smallest absolute Gasteiger partial charge is 0.411 e. The zero-order valence-electron chi connectivity index (χ0n) is 21.6. The molecule has 0 aliphatic heterocycles. The second kappa shape index (κ2) is 15.2. The first-order valence-corrected chi connectivity index (χ1v) is 12.5. The number of nitrogens with one attached hydrogen (secondary N) is 2. The number of amides is 2. The number of nitrogens with zero attached hydrogens (tertiary/aromatic N) is 1. The van der Waals surface area contributed by atoms with Crippen molar-refractivity contribution in [2.45, 2.75) is 13.8 Å². The summed E-state index contributed by atoms with van der Waals surface area (Å²) in [7, 11) is 3.94. The summed E-state index contributed by atoms with van der Waals surface area (Å²) in [5.41, 5.74) is 5.01. The first kappa shape index (κ1) is 30.0. The molecule has 9 nitrogen and oxygen atoms in total. The lowest BCUT2D eigenvalue weighted by Crippen LogP contribution is -2.14. The van der Waals surface area contributed by atoms with Crippen LogP contribution in [-0.2, 0) is 9.47 Å². The minimum atomic E-state index is -0.517. The molecule has 0 fully saturated rings. The number of carbonyl (C=O) groups excluding carboxylic acids is 4. The van der Waals surface area contributed by atoms with Crippen LogP contribution in [0.25, 0.3) is 11.1 Å². The van der Waals surface area contributed by atoms with Crippen molar-refractivity contribution >= 4 is 57.8 Å². The molecular formula is C28H30BrN3O6. The van der Waals surface area contributed by atoms with E-state index in [2.05, 4.69) is 26.6 Å². The van der Waals surface area contributed by atoms with E-state index in [9.17, 15) is 19.2 Å². The number of benzene rings is 3. The minimum Gasteiger partial charge on any atom is -0.450 e. The predicted molar refractivity (Wildman–Crippen MR) is 152 cm³/mol. The van der Waals surface area contributed by atoms with E-state index in [1.54, 1.807) is 50.2 Å². The molecule has 0 radical (unpaired) electrons. The van der Waals surface area contributed by atoms with Crippen molar-refractivity contribution in [2.75, 3.05) is 42.8 Å². The summed E-state index contributed by atoms with van der Waals surface area (Å²) >= 11 is 3.24. The van der Waals surface area contributed by atoms with Crippen molar-refractivity contribution in [3.05, 3.63) is 76.3 Å². The Kier molecular flexibility index (Phi) is 12.0. The lowest BCUT2D eigenvalue weighted by Gasteiger charge is -2.15. The zero-order valence-corrected chi connectivity index (χ0v) is 23.2. The number of hydrogen-bond acceptors (Lipinski definition) is 7. The summed E-state index contributed by atoms with van der Waals surface area (Å²) in [6, 6.07) is 17.8. The average Bonchev–Trinajstić information content (AvgIpc) is 2.90. The van der Waals surface area contributed by atoms with Crippen molar-refractivity contribution in [3.63, 3.8) is 0 Å². The van der Waals surface area contributed by atoms with Gasteiger partial charge in [-0.3, -0.25) is 20.2 Å². The van der Waals surface area contributed by atoms with E-state index < -0.39 is 12.2 Å². The Morgan fingerprint density at radius 3 is 1.76 bits per heavy atom. The van der Waals surface area contributed by atoms with E-state index in [0.717, 1.165) is 29.4 Å². The highest BCUT2D eigenvalue weighted by atomic mass is 79.9. The second-order valence-corrected chi connectivity index (χ2v) is 8.77. The quantitative estimate of drug-likeness (QED) is 0.286. The molecule has 0 unspecified atom stereocenters. The van der Waals surface area contributed by atoms with E-state index in [-0.39, 0.29) is 0 Å². The van der Waals surface area contributed by atoms with Crippen LogP contribution in [0.2, 0.25) is 0 Å². The maximum Gasteiger partial charge on any atom is 0.411 e. The van der Waals surface area contributed by atoms with Crippen molar-refractivity contribution in [2.24, 2.45) is 0 Å². The fourth-order valence-electron chi connectivity index (χ4n) is 3.18. The molecule has 2 N–H and O–H groups in total. The summed E-state index contributed by atoms with van der Waals surface area (Å²) < 4.78 is 10.3. The normalized spacial score (nSPS) is 9.82. The number of hydrogen-bond donors (Lipinski definition) is 2. The Bertz CT molecular complexity index is 1260. The van der Waals surface area contributed by atoms with Crippen LogP contribution >= 0.6 is 15.9 Å². The maximum absolute atomic E-state index is 11.7. The van der Waals surface area contributed by atoms with Gasteiger partial charge in [0.15, 0.2) is 0 Å². The minimum absolute atomic E-state index is 0.297. The van der Waals surface area contributed by atoms with Crippen molar-refractivity contribution in [3.8, 4) is 11.1 Å². The molecule has 3 aromatic rings. The highest BCUT2D eigenvalue weighted by molar-refractivity contribution is 9.10. The maximum atomic E-state index is 11.7. The SMILES string of the molecule is CCOC(=O)Nc1ccc(C=O)cc1-c1ccc(N(C)C)cc1.CCOC(=O)Nc1ccc(C=O)cc1Br. The van der Waals surface area contributed by atoms with Gasteiger partial charge < -0.3 is 14.4 Å². The topological polar surface area (TPSA) is 114 Å². The molecule has 0 bridgehead atoms. The molecule has 10 heteroatoms. The number of carbonyl (C=O) groups is 4. The van der Waals surface area contributed by atoms with E-state index in [4.69, 9.17) is 9.47 Å². The van der Waals surface area contributed by atoms with Gasteiger partial charge in [-0.2, -0.15) is 0 Å². The number of ether oxygens (including phenoxy) is 2. The number of halogens is 1. The second-order valence-electron chi connectivity index (χ2n) is 7.91. The van der Waals surface area contributed by atoms with Crippen LogP contribution < -0.4 is 15.5 Å². The lowest BCUT2D eigenvalue weighted by molar-refractivity contribution is 0.111. The molecule has 0 saturated carbocycles. The summed E-state index contributed by atoms with van der Waals surface area (Å²) in [6.07, 6.45) is 0.486. The lowest BCUT2D eigenvalue weighted by atomic mass is 10.0. The molecule has 200 valence electrons. The van der Waals surface area contributed by atoms with Crippen LogP contribution in [0.4, 0.5) is 26.7 Å². The van der Waals surface area contributed by atoms with Crippen LogP contribution in [0.5, 0.6) is 0 Å². The van der Waals surface area contributed by atoms with Crippen molar-refractivity contribution in [1.82, 2.24) is 0 Å². The van der Waals surface area contributed by atoms with Gasteiger partial charge >= 0.3 is 12.2 Å².